The summed E-state index contributed by atoms with van der Waals surface area (Å²) in [6.45, 7) is 1.85. The molecular formula is C14H19NO2. The van der Waals surface area contributed by atoms with Crippen molar-refractivity contribution in [1.29, 1.82) is 0 Å². The minimum absolute atomic E-state index is 0.129. The van der Waals surface area contributed by atoms with Crippen molar-refractivity contribution in [3.63, 3.8) is 0 Å². The molecular weight excluding hydrogens is 214 g/mol. The second-order valence-electron chi connectivity index (χ2n) is 4.79. The van der Waals surface area contributed by atoms with Gasteiger partial charge in [0.2, 0.25) is 0 Å². The van der Waals surface area contributed by atoms with Crippen molar-refractivity contribution in [1.82, 2.24) is 5.32 Å². The number of nitrogens with one attached hydrogen (secondary N) is 1. The highest BCUT2D eigenvalue weighted by atomic mass is 16.7. The molecule has 92 valence electrons. The SMILES string of the molecule is CNCC[C@H]1c2ccccc2[C@H]2OCC[C@@H]1O2. The van der Waals surface area contributed by atoms with Crippen LogP contribution in [-0.2, 0) is 9.47 Å². The Labute approximate surface area is 102 Å². The van der Waals surface area contributed by atoms with Crippen LogP contribution in [0, 0.1) is 0 Å². The van der Waals surface area contributed by atoms with Crippen LogP contribution in [-0.4, -0.2) is 26.3 Å². The lowest BCUT2D eigenvalue weighted by Gasteiger charge is -2.41. The Morgan fingerprint density at radius 1 is 1.29 bits per heavy atom. The molecule has 0 aliphatic carbocycles. The van der Waals surface area contributed by atoms with Crippen molar-refractivity contribution in [3.05, 3.63) is 35.4 Å². The topological polar surface area (TPSA) is 30.5 Å². The molecule has 1 fully saturated rings. The molecule has 2 aliphatic heterocycles. The van der Waals surface area contributed by atoms with Gasteiger partial charge in [0.25, 0.3) is 0 Å². The average molecular weight is 233 g/mol. The Hall–Kier alpha value is -0.900. The highest BCUT2D eigenvalue weighted by molar-refractivity contribution is 5.34. The molecule has 0 saturated carbocycles. The first kappa shape index (κ1) is 11.2. The Morgan fingerprint density at radius 3 is 2.94 bits per heavy atom. The molecule has 3 nitrogen and oxygen atoms in total. The summed E-state index contributed by atoms with van der Waals surface area (Å²) < 4.78 is 11.7. The Kier molecular flexibility index (Phi) is 3.14. The van der Waals surface area contributed by atoms with Crippen LogP contribution in [0.1, 0.15) is 36.2 Å². The first-order valence-electron chi connectivity index (χ1n) is 6.40. The van der Waals surface area contributed by atoms with E-state index in [1.807, 2.05) is 7.05 Å². The molecule has 0 spiro atoms. The number of hydrogen-bond donors (Lipinski definition) is 1. The summed E-state index contributed by atoms with van der Waals surface area (Å²) in [4.78, 5) is 0. The second-order valence-corrected chi connectivity index (χ2v) is 4.79. The lowest BCUT2D eigenvalue weighted by atomic mass is 9.82. The van der Waals surface area contributed by atoms with Crippen LogP contribution in [0.15, 0.2) is 24.3 Å². The molecule has 0 radical (unpaired) electrons. The maximum Gasteiger partial charge on any atom is 0.184 e. The van der Waals surface area contributed by atoms with Crippen LogP contribution in [0.4, 0.5) is 0 Å². The predicted molar refractivity (Wildman–Crippen MR) is 65.9 cm³/mol. The van der Waals surface area contributed by atoms with E-state index in [2.05, 4.69) is 29.6 Å². The van der Waals surface area contributed by atoms with Gasteiger partial charge in [-0.3, -0.25) is 0 Å². The van der Waals surface area contributed by atoms with Crippen molar-refractivity contribution >= 4 is 0 Å². The van der Waals surface area contributed by atoms with E-state index in [9.17, 15) is 0 Å². The fraction of sp³-hybridized carbons (Fsp3) is 0.571. The van der Waals surface area contributed by atoms with Gasteiger partial charge in [0.1, 0.15) is 0 Å². The van der Waals surface area contributed by atoms with E-state index < -0.39 is 0 Å². The highest BCUT2D eigenvalue weighted by Gasteiger charge is 2.38. The van der Waals surface area contributed by atoms with Gasteiger partial charge < -0.3 is 14.8 Å². The normalized spacial score (nSPS) is 31.0. The summed E-state index contributed by atoms with van der Waals surface area (Å²) >= 11 is 0. The molecule has 1 aromatic carbocycles. The molecule has 1 N–H and O–H groups in total. The van der Waals surface area contributed by atoms with E-state index in [1.54, 1.807) is 0 Å². The molecule has 2 bridgehead atoms. The number of benzene rings is 1. The van der Waals surface area contributed by atoms with Gasteiger partial charge in [-0.2, -0.15) is 0 Å². The van der Waals surface area contributed by atoms with Crippen LogP contribution >= 0.6 is 0 Å². The molecule has 3 atom stereocenters. The van der Waals surface area contributed by atoms with Gasteiger partial charge in [-0.1, -0.05) is 24.3 Å². The van der Waals surface area contributed by atoms with Crippen molar-refractivity contribution in [2.75, 3.05) is 20.2 Å². The van der Waals surface area contributed by atoms with E-state index in [0.29, 0.717) is 12.0 Å². The lowest BCUT2D eigenvalue weighted by Crippen LogP contribution is -2.38. The van der Waals surface area contributed by atoms with Gasteiger partial charge in [0.15, 0.2) is 6.29 Å². The molecule has 1 saturated heterocycles. The largest absolute Gasteiger partial charge is 0.348 e. The van der Waals surface area contributed by atoms with Crippen molar-refractivity contribution in [3.8, 4) is 0 Å². The van der Waals surface area contributed by atoms with Crippen LogP contribution in [0.25, 0.3) is 0 Å². The summed E-state index contributed by atoms with van der Waals surface area (Å²) in [6.07, 6.45) is 2.34. The standard InChI is InChI=1S/C14H19NO2/c1-15-8-6-11-10-4-2-3-5-12(10)14-16-9-7-13(11)17-14/h2-5,11,13-15H,6-9H2,1H3/t11-,13-,14-/m0/s1. The van der Waals surface area contributed by atoms with Gasteiger partial charge in [-0.05, 0) is 32.0 Å². The molecule has 17 heavy (non-hydrogen) atoms. The highest BCUT2D eigenvalue weighted by Crippen LogP contribution is 2.43. The quantitative estimate of drug-likeness (QED) is 0.868. The predicted octanol–water partition coefficient (Wildman–Crippen LogP) is 2.20. The van der Waals surface area contributed by atoms with Crippen LogP contribution in [0.2, 0.25) is 0 Å². The van der Waals surface area contributed by atoms with Crippen molar-refractivity contribution in [2.45, 2.75) is 31.2 Å². The van der Waals surface area contributed by atoms with Crippen molar-refractivity contribution in [2.24, 2.45) is 0 Å². The maximum absolute atomic E-state index is 6.01. The number of rotatable bonds is 3. The second kappa shape index (κ2) is 4.77. The van der Waals surface area contributed by atoms with Gasteiger partial charge in [-0.25, -0.2) is 0 Å². The fourth-order valence-corrected chi connectivity index (χ4v) is 2.92. The molecule has 0 amide bonds. The number of fused-ring (bicyclic) bond motifs is 4. The Bertz CT molecular complexity index is 394. The zero-order valence-corrected chi connectivity index (χ0v) is 10.2. The number of ether oxygens (including phenoxy) is 2. The van der Waals surface area contributed by atoms with Crippen LogP contribution < -0.4 is 5.32 Å². The van der Waals surface area contributed by atoms with Gasteiger partial charge in [-0.15, -0.1) is 0 Å². The average Bonchev–Trinajstić information content (AvgIpc) is 2.39. The van der Waals surface area contributed by atoms with Gasteiger partial charge >= 0.3 is 0 Å². The monoisotopic (exact) mass is 233 g/mol. The summed E-state index contributed by atoms with van der Waals surface area (Å²) in [5, 5.41) is 3.23. The van der Waals surface area contributed by atoms with E-state index in [0.717, 1.165) is 26.0 Å². The molecule has 3 rings (SSSR count). The third kappa shape index (κ3) is 1.99. The number of hydrogen-bond acceptors (Lipinski definition) is 3. The Morgan fingerprint density at radius 2 is 2.12 bits per heavy atom. The van der Waals surface area contributed by atoms with Gasteiger partial charge in [0, 0.05) is 11.5 Å². The van der Waals surface area contributed by atoms with E-state index in [-0.39, 0.29) is 6.29 Å². The first-order valence-corrected chi connectivity index (χ1v) is 6.40. The lowest BCUT2D eigenvalue weighted by molar-refractivity contribution is -0.231. The first-order chi connectivity index (χ1) is 8.40. The molecule has 3 heteroatoms. The zero-order chi connectivity index (χ0) is 11.7. The van der Waals surface area contributed by atoms with Crippen LogP contribution in [0.5, 0.6) is 0 Å². The summed E-state index contributed by atoms with van der Waals surface area (Å²) in [5.74, 6) is 0.513. The molecule has 2 aliphatic rings. The summed E-state index contributed by atoms with van der Waals surface area (Å²) in [6, 6.07) is 8.54. The summed E-state index contributed by atoms with van der Waals surface area (Å²) in [5.41, 5.74) is 2.65. The minimum atomic E-state index is -0.129. The third-order valence-corrected chi connectivity index (χ3v) is 3.77. The molecule has 0 aromatic heterocycles. The van der Waals surface area contributed by atoms with E-state index in [1.165, 1.54) is 11.1 Å². The Balaban J connectivity index is 1.94. The minimum Gasteiger partial charge on any atom is -0.348 e. The van der Waals surface area contributed by atoms with E-state index in [4.69, 9.17) is 9.47 Å². The third-order valence-electron chi connectivity index (χ3n) is 3.77. The smallest absolute Gasteiger partial charge is 0.184 e. The zero-order valence-electron chi connectivity index (χ0n) is 10.2. The van der Waals surface area contributed by atoms with Gasteiger partial charge in [0.05, 0.1) is 12.7 Å². The molecule has 2 heterocycles. The van der Waals surface area contributed by atoms with E-state index >= 15 is 0 Å². The molecule has 0 unspecified atom stereocenters. The molecule has 1 aromatic rings. The maximum atomic E-state index is 6.01. The van der Waals surface area contributed by atoms with Crippen LogP contribution in [0.3, 0.4) is 0 Å². The van der Waals surface area contributed by atoms with Crippen molar-refractivity contribution < 1.29 is 9.47 Å². The summed E-state index contributed by atoms with van der Waals surface area (Å²) in [7, 11) is 2.00. The fourth-order valence-electron chi connectivity index (χ4n) is 2.92.